The van der Waals surface area contributed by atoms with Crippen LogP contribution >= 0.6 is 11.8 Å². The van der Waals surface area contributed by atoms with Crippen LogP contribution < -0.4 is 10.6 Å². The minimum absolute atomic E-state index is 0.0373. The summed E-state index contributed by atoms with van der Waals surface area (Å²) in [6.45, 7) is 8.43. The summed E-state index contributed by atoms with van der Waals surface area (Å²) in [5.74, 6) is -0.232. The molecule has 178 valence electrons. The van der Waals surface area contributed by atoms with Crippen LogP contribution in [0.15, 0.2) is 53.4 Å². The van der Waals surface area contributed by atoms with Crippen molar-refractivity contribution in [1.29, 1.82) is 0 Å². The summed E-state index contributed by atoms with van der Waals surface area (Å²) in [4.78, 5) is 27.5. The topological polar surface area (TPSA) is 95.6 Å². The molecule has 3 rings (SSSR count). The molecule has 2 amide bonds. The van der Waals surface area contributed by atoms with E-state index in [1.807, 2.05) is 11.8 Å². The third kappa shape index (κ3) is 6.16. The Kier molecular flexibility index (Phi) is 8.20. The molecule has 0 aromatic heterocycles. The fraction of sp³-hybridized carbons (Fsp3) is 0.417. The second kappa shape index (κ2) is 10.7. The zero-order valence-electron chi connectivity index (χ0n) is 19.4. The summed E-state index contributed by atoms with van der Waals surface area (Å²) in [5.41, 5.74) is 1.83. The molecule has 0 saturated carbocycles. The molecule has 2 aromatic carbocycles. The quantitative estimate of drug-likeness (QED) is 0.589. The highest BCUT2D eigenvalue weighted by Gasteiger charge is 2.34. The number of carbonyl (C=O) groups excluding carboxylic acids is 2. The lowest BCUT2D eigenvalue weighted by Gasteiger charge is -2.27. The molecule has 9 heteroatoms. The lowest BCUT2D eigenvalue weighted by Crippen LogP contribution is -2.45. The molecule has 7 nitrogen and oxygen atoms in total. The van der Waals surface area contributed by atoms with Gasteiger partial charge in [-0.15, -0.1) is 11.8 Å². The maximum Gasteiger partial charge on any atom is 0.255 e. The third-order valence-electron chi connectivity index (χ3n) is 5.78. The Labute approximate surface area is 200 Å². The second-order valence-corrected chi connectivity index (χ2v) is 11.8. The smallest absolute Gasteiger partial charge is 0.255 e. The first kappa shape index (κ1) is 25.3. The van der Waals surface area contributed by atoms with Gasteiger partial charge < -0.3 is 10.2 Å². The van der Waals surface area contributed by atoms with E-state index in [0.29, 0.717) is 29.1 Å². The summed E-state index contributed by atoms with van der Waals surface area (Å²) >= 11 is 1.75. The Morgan fingerprint density at radius 3 is 2.18 bits per heavy atom. The van der Waals surface area contributed by atoms with Gasteiger partial charge in [-0.2, -0.15) is 0 Å². The normalized spacial score (nSPS) is 20.4. The monoisotopic (exact) mass is 489 g/mol. The molecule has 1 aliphatic heterocycles. The van der Waals surface area contributed by atoms with Gasteiger partial charge in [0.15, 0.2) is 9.84 Å². The lowest BCUT2D eigenvalue weighted by atomic mass is 10.1. The van der Waals surface area contributed by atoms with E-state index in [2.05, 4.69) is 24.5 Å². The minimum atomic E-state index is -3.26. The van der Waals surface area contributed by atoms with Crippen LogP contribution in [0.3, 0.4) is 0 Å². The van der Waals surface area contributed by atoms with Crippen LogP contribution in [0.4, 0.5) is 5.69 Å². The predicted octanol–water partition coefficient (Wildman–Crippen LogP) is 3.52. The molecule has 0 bridgehead atoms. The molecule has 0 radical (unpaired) electrons. The van der Waals surface area contributed by atoms with E-state index in [1.54, 1.807) is 55.1 Å². The number of thioether (sulfide) groups is 1. The molecule has 33 heavy (non-hydrogen) atoms. The summed E-state index contributed by atoms with van der Waals surface area (Å²) in [6, 6.07) is 13.6. The minimum Gasteiger partial charge on any atom is -0.326 e. The largest absolute Gasteiger partial charge is 0.326 e. The average Bonchev–Trinajstić information content (AvgIpc) is 3.12. The first-order chi connectivity index (χ1) is 15.6. The van der Waals surface area contributed by atoms with Gasteiger partial charge in [0.25, 0.3) is 5.91 Å². The fourth-order valence-electron chi connectivity index (χ4n) is 3.53. The van der Waals surface area contributed by atoms with Crippen molar-refractivity contribution < 1.29 is 18.0 Å². The number of nitrogens with one attached hydrogen (secondary N) is 2. The number of nitrogens with zero attached hydrogens (tertiary/aromatic N) is 1. The van der Waals surface area contributed by atoms with Crippen molar-refractivity contribution >= 4 is 39.1 Å². The lowest BCUT2D eigenvalue weighted by molar-refractivity contribution is -0.115. The number of rotatable bonds is 8. The van der Waals surface area contributed by atoms with Gasteiger partial charge in [-0.1, -0.05) is 26.0 Å². The van der Waals surface area contributed by atoms with Gasteiger partial charge in [-0.05, 0) is 55.8 Å². The summed E-state index contributed by atoms with van der Waals surface area (Å²) in [5, 5.41) is 6.71. The highest BCUT2D eigenvalue weighted by atomic mass is 32.2. The number of amides is 2. The fourth-order valence-corrected chi connectivity index (χ4v) is 5.82. The van der Waals surface area contributed by atoms with E-state index in [0.717, 1.165) is 5.56 Å². The van der Waals surface area contributed by atoms with E-state index in [4.69, 9.17) is 0 Å². The van der Waals surface area contributed by atoms with E-state index >= 15 is 0 Å². The van der Waals surface area contributed by atoms with Gasteiger partial charge in [0, 0.05) is 29.1 Å². The zero-order chi connectivity index (χ0) is 24.2. The van der Waals surface area contributed by atoms with Crippen molar-refractivity contribution in [1.82, 2.24) is 10.2 Å². The number of hydrogen-bond donors (Lipinski definition) is 2. The van der Waals surface area contributed by atoms with Crippen molar-refractivity contribution in [2.24, 2.45) is 0 Å². The third-order valence-corrected chi connectivity index (χ3v) is 9.02. The van der Waals surface area contributed by atoms with Crippen molar-refractivity contribution in [3.63, 3.8) is 0 Å². The van der Waals surface area contributed by atoms with Crippen molar-refractivity contribution in [3.8, 4) is 0 Å². The molecule has 1 aliphatic rings. The van der Waals surface area contributed by atoms with Crippen molar-refractivity contribution in [2.75, 3.05) is 17.6 Å². The van der Waals surface area contributed by atoms with Crippen molar-refractivity contribution in [2.45, 2.75) is 55.8 Å². The van der Waals surface area contributed by atoms with Crippen LogP contribution in [0.5, 0.6) is 0 Å². The second-order valence-electron chi connectivity index (χ2n) is 8.09. The van der Waals surface area contributed by atoms with Gasteiger partial charge in [0.2, 0.25) is 5.91 Å². The van der Waals surface area contributed by atoms with Crippen LogP contribution in [0, 0.1) is 0 Å². The standard InChI is InChI=1S/C24H31N3O4S2/c1-5-27(24-25-16(3)17(4)32-24)23(29)19-9-11-20(12-10-19)26-22(28)15-18-7-13-21(14-8-18)33(30,31)6-2/h7-14,16-17,24-25H,5-6,15H2,1-4H3,(H,26,28). The van der Waals surface area contributed by atoms with Crippen LogP contribution in [0.25, 0.3) is 0 Å². The highest BCUT2D eigenvalue weighted by molar-refractivity contribution is 8.00. The van der Waals surface area contributed by atoms with Crippen LogP contribution in [0.2, 0.25) is 0 Å². The molecule has 3 unspecified atom stereocenters. The maximum absolute atomic E-state index is 13.0. The van der Waals surface area contributed by atoms with E-state index in [-0.39, 0.29) is 34.4 Å². The van der Waals surface area contributed by atoms with Crippen LogP contribution in [-0.2, 0) is 21.1 Å². The van der Waals surface area contributed by atoms with Crippen LogP contribution in [0.1, 0.15) is 43.6 Å². The molecule has 0 aliphatic carbocycles. The summed E-state index contributed by atoms with van der Waals surface area (Å²) in [6.07, 6.45) is 0.123. The molecule has 1 heterocycles. The summed E-state index contributed by atoms with van der Waals surface area (Å²) in [7, 11) is -3.26. The highest BCUT2D eigenvalue weighted by Crippen LogP contribution is 2.30. The maximum atomic E-state index is 13.0. The van der Waals surface area contributed by atoms with Crippen LogP contribution in [-0.4, -0.2) is 54.2 Å². The Morgan fingerprint density at radius 2 is 1.67 bits per heavy atom. The zero-order valence-corrected chi connectivity index (χ0v) is 21.0. The average molecular weight is 490 g/mol. The van der Waals surface area contributed by atoms with E-state index in [1.165, 1.54) is 12.1 Å². The first-order valence-corrected chi connectivity index (χ1v) is 13.7. The van der Waals surface area contributed by atoms with E-state index < -0.39 is 9.84 Å². The molecule has 1 saturated heterocycles. The Balaban J connectivity index is 1.59. The van der Waals surface area contributed by atoms with Gasteiger partial charge in [-0.25, -0.2) is 8.42 Å². The SMILES string of the molecule is CCN(C(=O)c1ccc(NC(=O)Cc2ccc(S(=O)(=O)CC)cc2)cc1)C1NC(C)C(C)S1. The van der Waals surface area contributed by atoms with Gasteiger partial charge in [-0.3, -0.25) is 14.9 Å². The van der Waals surface area contributed by atoms with Gasteiger partial charge in [0.05, 0.1) is 17.1 Å². The number of anilines is 1. The molecular formula is C24H31N3O4S2. The number of benzene rings is 2. The van der Waals surface area contributed by atoms with Crippen molar-refractivity contribution in [3.05, 3.63) is 59.7 Å². The molecule has 2 N–H and O–H groups in total. The Hall–Kier alpha value is -2.36. The Bertz CT molecular complexity index is 1080. The number of hydrogen-bond acceptors (Lipinski definition) is 6. The predicted molar refractivity (Wildman–Crippen MR) is 133 cm³/mol. The molecular weight excluding hydrogens is 458 g/mol. The summed E-state index contributed by atoms with van der Waals surface area (Å²) < 4.78 is 23.8. The molecule has 0 spiro atoms. The molecule has 3 atom stereocenters. The van der Waals surface area contributed by atoms with Gasteiger partial charge in [0.1, 0.15) is 5.50 Å². The number of sulfone groups is 1. The molecule has 1 fully saturated rings. The Morgan fingerprint density at radius 1 is 1.03 bits per heavy atom. The molecule has 2 aromatic rings. The van der Waals surface area contributed by atoms with E-state index in [9.17, 15) is 18.0 Å². The number of carbonyl (C=O) groups is 2. The van der Waals surface area contributed by atoms with Gasteiger partial charge >= 0.3 is 0 Å². The first-order valence-electron chi connectivity index (χ1n) is 11.1.